The Morgan fingerprint density at radius 2 is 1.87 bits per heavy atom. The Labute approximate surface area is 226 Å². The average Bonchev–Trinajstić information content (AvgIpc) is 3.72. The largest absolute Gasteiger partial charge is 0.472 e. The van der Waals surface area contributed by atoms with Gasteiger partial charge in [0, 0.05) is 53.3 Å². The summed E-state index contributed by atoms with van der Waals surface area (Å²) in [7, 11) is 0. The summed E-state index contributed by atoms with van der Waals surface area (Å²) in [5, 5.41) is 12.2. The minimum absolute atomic E-state index is 0.696. The van der Waals surface area contributed by atoms with E-state index in [1.54, 1.807) is 18.6 Å². The number of allylic oxidation sites excluding steroid dienone is 2. The summed E-state index contributed by atoms with van der Waals surface area (Å²) in [6, 6.07) is 20.8. The van der Waals surface area contributed by atoms with E-state index < -0.39 is 0 Å². The van der Waals surface area contributed by atoms with Gasteiger partial charge in [-0.1, -0.05) is 55.1 Å². The Bertz CT molecular complexity index is 1760. The first-order valence-electron chi connectivity index (χ1n) is 12.8. The molecule has 4 aromatic heterocycles. The highest BCUT2D eigenvalue weighted by Gasteiger charge is 2.18. The van der Waals surface area contributed by atoms with Crippen LogP contribution in [0.15, 0.2) is 109 Å². The van der Waals surface area contributed by atoms with Gasteiger partial charge >= 0.3 is 0 Å². The molecule has 0 saturated carbocycles. The van der Waals surface area contributed by atoms with E-state index in [0.29, 0.717) is 5.82 Å². The van der Waals surface area contributed by atoms with E-state index in [0.717, 1.165) is 68.9 Å². The molecule has 6 rings (SSSR count). The van der Waals surface area contributed by atoms with Gasteiger partial charge in [0.05, 0.1) is 23.7 Å². The van der Waals surface area contributed by atoms with Crippen molar-refractivity contribution < 1.29 is 4.42 Å². The van der Waals surface area contributed by atoms with E-state index >= 15 is 0 Å². The maximum Gasteiger partial charge on any atom is 0.159 e. The highest BCUT2D eigenvalue weighted by molar-refractivity contribution is 5.94. The SMILES string of the molecule is C=C/C=C(/c1ccoc1)c1nc(-c2n[nH]c3ccc(-c4cncc(CNCc5ccccc5)c4)cc23)[nH]c1C. The van der Waals surface area contributed by atoms with Crippen molar-refractivity contribution in [1.29, 1.82) is 0 Å². The van der Waals surface area contributed by atoms with Crippen LogP contribution in [-0.4, -0.2) is 25.1 Å². The molecule has 0 atom stereocenters. The highest BCUT2D eigenvalue weighted by Crippen LogP contribution is 2.32. The van der Waals surface area contributed by atoms with Crippen LogP contribution >= 0.6 is 0 Å². The van der Waals surface area contributed by atoms with Gasteiger partial charge in [0.25, 0.3) is 0 Å². The number of benzene rings is 2. The number of nitrogens with zero attached hydrogens (tertiary/aromatic N) is 3. The van der Waals surface area contributed by atoms with Crippen molar-refractivity contribution in [3.8, 4) is 22.6 Å². The van der Waals surface area contributed by atoms with Gasteiger partial charge in [-0.3, -0.25) is 10.1 Å². The van der Waals surface area contributed by atoms with Crippen molar-refractivity contribution in [2.45, 2.75) is 20.0 Å². The zero-order chi connectivity index (χ0) is 26.6. The number of fused-ring (bicyclic) bond motifs is 1. The van der Waals surface area contributed by atoms with Crippen molar-refractivity contribution in [3.05, 3.63) is 132 Å². The fourth-order valence-electron chi connectivity index (χ4n) is 4.75. The first-order valence-corrected chi connectivity index (χ1v) is 12.8. The summed E-state index contributed by atoms with van der Waals surface area (Å²) < 4.78 is 5.31. The van der Waals surface area contributed by atoms with Gasteiger partial charge in [-0.15, -0.1) is 0 Å². The number of aromatic amines is 2. The number of hydrogen-bond donors (Lipinski definition) is 3. The van der Waals surface area contributed by atoms with Crippen molar-refractivity contribution in [2.24, 2.45) is 0 Å². The molecular formula is C32H28N6O. The molecule has 0 aliphatic carbocycles. The fraction of sp³-hybridized carbons (Fsp3) is 0.0938. The molecule has 7 nitrogen and oxygen atoms in total. The molecule has 0 unspecified atom stereocenters. The van der Waals surface area contributed by atoms with Crippen LogP contribution in [0.2, 0.25) is 0 Å². The van der Waals surface area contributed by atoms with Gasteiger partial charge in [-0.25, -0.2) is 4.98 Å². The second-order valence-corrected chi connectivity index (χ2v) is 9.39. The lowest BCUT2D eigenvalue weighted by atomic mass is 10.0. The predicted octanol–water partition coefficient (Wildman–Crippen LogP) is 6.82. The van der Waals surface area contributed by atoms with Gasteiger partial charge < -0.3 is 14.7 Å². The van der Waals surface area contributed by atoms with E-state index in [1.165, 1.54) is 5.56 Å². The van der Waals surface area contributed by atoms with Crippen LogP contribution in [0, 0.1) is 6.92 Å². The second kappa shape index (κ2) is 10.8. The smallest absolute Gasteiger partial charge is 0.159 e. The molecule has 2 aromatic carbocycles. The van der Waals surface area contributed by atoms with Crippen LogP contribution in [0.3, 0.4) is 0 Å². The molecule has 3 N–H and O–H groups in total. The molecule has 0 amide bonds. The standard InChI is InChI=1S/C32H28N6O/c1-3-7-27(25-12-13-39-20-25)30-21(2)35-32(36-30)31-28-15-24(10-11-29(28)37-38-31)26-14-23(18-34-19-26)17-33-16-22-8-5-4-6-9-22/h3-15,18-20,33H,1,16-17H2,2H3,(H,35,36)(H,37,38)/b27-7-. The topological polar surface area (TPSA) is 95.4 Å². The van der Waals surface area contributed by atoms with E-state index in [1.807, 2.05) is 43.6 Å². The Balaban J connectivity index is 1.29. The van der Waals surface area contributed by atoms with Crippen molar-refractivity contribution in [2.75, 3.05) is 0 Å². The molecule has 192 valence electrons. The summed E-state index contributed by atoms with van der Waals surface area (Å²) in [4.78, 5) is 12.9. The van der Waals surface area contributed by atoms with E-state index in [4.69, 9.17) is 9.40 Å². The fourth-order valence-corrected chi connectivity index (χ4v) is 4.75. The van der Waals surface area contributed by atoms with Gasteiger partial charge in [0.1, 0.15) is 5.69 Å². The number of rotatable bonds is 9. The van der Waals surface area contributed by atoms with Crippen LogP contribution in [0.4, 0.5) is 0 Å². The lowest BCUT2D eigenvalue weighted by Gasteiger charge is -2.07. The summed E-state index contributed by atoms with van der Waals surface area (Å²) in [6.45, 7) is 7.42. The normalized spacial score (nSPS) is 11.8. The number of aromatic nitrogens is 5. The predicted molar refractivity (Wildman–Crippen MR) is 155 cm³/mol. The van der Waals surface area contributed by atoms with Crippen molar-refractivity contribution in [3.63, 3.8) is 0 Å². The number of H-pyrrole nitrogens is 2. The third-order valence-electron chi connectivity index (χ3n) is 6.67. The Kier molecular flexibility index (Phi) is 6.72. The second-order valence-electron chi connectivity index (χ2n) is 9.39. The first kappa shape index (κ1) is 24.3. The quantitative estimate of drug-likeness (QED) is 0.185. The summed E-state index contributed by atoms with van der Waals surface area (Å²) >= 11 is 0. The molecule has 4 heterocycles. The highest BCUT2D eigenvalue weighted by atomic mass is 16.3. The number of furan rings is 1. The third kappa shape index (κ3) is 5.08. The van der Waals surface area contributed by atoms with Crippen LogP contribution in [0.5, 0.6) is 0 Å². The molecule has 7 heteroatoms. The van der Waals surface area contributed by atoms with Gasteiger partial charge in [0.15, 0.2) is 5.82 Å². The summed E-state index contributed by atoms with van der Waals surface area (Å²) in [5.74, 6) is 0.696. The number of hydrogen-bond acceptors (Lipinski definition) is 5. The molecule has 0 fully saturated rings. The molecular weight excluding hydrogens is 484 g/mol. The summed E-state index contributed by atoms with van der Waals surface area (Å²) in [5.41, 5.74) is 9.85. The van der Waals surface area contributed by atoms with Gasteiger partial charge in [-0.05, 0) is 47.9 Å². The number of aryl methyl sites for hydroxylation is 1. The Hall–Kier alpha value is -5.01. The summed E-state index contributed by atoms with van der Waals surface area (Å²) in [6.07, 6.45) is 10.9. The van der Waals surface area contributed by atoms with Gasteiger partial charge in [-0.2, -0.15) is 5.10 Å². The van der Waals surface area contributed by atoms with Crippen LogP contribution < -0.4 is 5.32 Å². The first-order chi connectivity index (χ1) is 19.2. The number of imidazole rings is 1. The molecule has 0 aliphatic heterocycles. The molecule has 0 saturated heterocycles. The van der Waals surface area contributed by atoms with Crippen LogP contribution in [0.25, 0.3) is 39.1 Å². The number of pyridine rings is 1. The Morgan fingerprint density at radius 1 is 1.00 bits per heavy atom. The minimum Gasteiger partial charge on any atom is -0.472 e. The molecule has 0 aliphatic rings. The zero-order valence-electron chi connectivity index (χ0n) is 21.6. The third-order valence-corrected chi connectivity index (χ3v) is 6.67. The average molecular weight is 513 g/mol. The lowest BCUT2D eigenvalue weighted by Crippen LogP contribution is -2.12. The minimum atomic E-state index is 0.696. The van der Waals surface area contributed by atoms with Gasteiger partial charge in [0.2, 0.25) is 0 Å². The number of nitrogens with one attached hydrogen (secondary N) is 3. The van der Waals surface area contributed by atoms with Crippen LogP contribution in [-0.2, 0) is 13.1 Å². The van der Waals surface area contributed by atoms with Crippen molar-refractivity contribution >= 4 is 16.5 Å². The zero-order valence-corrected chi connectivity index (χ0v) is 21.6. The van der Waals surface area contributed by atoms with Crippen molar-refractivity contribution in [1.82, 2.24) is 30.5 Å². The Morgan fingerprint density at radius 3 is 2.69 bits per heavy atom. The molecule has 0 bridgehead atoms. The maximum absolute atomic E-state index is 5.31. The molecule has 0 radical (unpaired) electrons. The maximum atomic E-state index is 5.31. The van der Waals surface area contributed by atoms with E-state index in [9.17, 15) is 0 Å². The van der Waals surface area contributed by atoms with Crippen LogP contribution in [0.1, 0.15) is 28.1 Å². The van der Waals surface area contributed by atoms with E-state index in [-0.39, 0.29) is 0 Å². The van der Waals surface area contributed by atoms with E-state index in [2.05, 4.69) is 74.5 Å². The lowest BCUT2D eigenvalue weighted by molar-refractivity contribution is 0.566. The molecule has 39 heavy (non-hydrogen) atoms. The molecule has 6 aromatic rings. The monoisotopic (exact) mass is 512 g/mol. The molecule has 0 spiro atoms.